The van der Waals surface area contributed by atoms with Crippen molar-refractivity contribution in [2.24, 2.45) is 11.8 Å². The van der Waals surface area contributed by atoms with E-state index in [1.54, 1.807) is 43.3 Å². The number of carbonyl (C=O) groups excluding carboxylic acids is 1. The van der Waals surface area contributed by atoms with Gasteiger partial charge in [0.25, 0.3) is 10.0 Å². The fourth-order valence-corrected chi connectivity index (χ4v) is 5.12. The highest BCUT2D eigenvalue weighted by Gasteiger charge is 2.29. The SMILES string of the molecule is Cc1cc(Cl)ccc1N(CC(=O)NC(C(C)C)C(C)C)S(=O)(=O)c1ccccc1. The molecule has 0 aliphatic carbocycles. The first-order valence-corrected chi connectivity index (χ1v) is 11.5. The highest BCUT2D eigenvalue weighted by Crippen LogP contribution is 2.28. The quantitative estimate of drug-likeness (QED) is 0.655. The first kappa shape index (κ1) is 23.2. The highest BCUT2D eigenvalue weighted by atomic mass is 35.5. The van der Waals surface area contributed by atoms with Crippen LogP contribution in [0.1, 0.15) is 33.3 Å². The Kier molecular flexibility index (Phi) is 7.72. The van der Waals surface area contributed by atoms with Crippen LogP contribution < -0.4 is 9.62 Å². The molecule has 0 unspecified atom stereocenters. The molecular formula is C22H29ClN2O3S. The molecule has 0 aliphatic rings. The number of halogens is 1. The molecule has 7 heteroatoms. The Morgan fingerprint density at radius 1 is 1.03 bits per heavy atom. The number of hydrogen-bond donors (Lipinski definition) is 1. The van der Waals surface area contributed by atoms with Crippen molar-refractivity contribution in [1.29, 1.82) is 0 Å². The van der Waals surface area contributed by atoms with E-state index in [9.17, 15) is 13.2 Å². The molecule has 0 aromatic heterocycles. The van der Waals surface area contributed by atoms with E-state index in [2.05, 4.69) is 5.32 Å². The third-order valence-corrected chi connectivity index (χ3v) is 6.82. The number of nitrogens with zero attached hydrogens (tertiary/aromatic N) is 1. The summed E-state index contributed by atoms with van der Waals surface area (Å²) in [5.74, 6) is 0.122. The lowest BCUT2D eigenvalue weighted by Crippen LogP contribution is -2.48. The first-order chi connectivity index (χ1) is 13.5. The van der Waals surface area contributed by atoms with Crippen LogP contribution in [0, 0.1) is 18.8 Å². The molecule has 0 radical (unpaired) electrons. The standard InChI is InChI=1S/C22H29ClN2O3S/c1-15(2)22(16(3)4)24-21(26)14-25(20-12-11-18(23)13-17(20)5)29(27,28)19-9-7-6-8-10-19/h6-13,15-16,22H,14H2,1-5H3,(H,24,26). The van der Waals surface area contributed by atoms with Crippen molar-refractivity contribution in [3.8, 4) is 0 Å². The Balaban J connectivity index is 2.44. The van der Waals surface area contributed by atoms with E-state index in [4.69, 9.17) is 11.6 Å². The van der Waals surface area contributed by atoms with Gasteiger partial charge in [-0.1, -0.05) is 57.5 Å². The maximum absolute atomic E-state index is 13.4. The molecule has 2 rings (SSSR count). The predicted octanol–water partition coefficient (Wildman–Crippen LogP) is 4.64. The summed E-state index contributed by atoms with van der Waals surface area (Å²) in [7, 11) is -3.93. The molecule has 5 nitrogen and oxygen atoms in total. The van der Waals surface area contributed by atoms with Gasteiger partial charge >= 0.3 is 0 Å². The van der Waals surface area contributed by atoms with Crippen molar-refractivity contribution >= 4 is 33.2 Å². The predicted molar refractivity (Wildman–Crippen MR) is 119 cm³/mol. The summed E-state index contributed by atoms with van der Waals surface area (Å²) in [6.45, 7) is 9.60. The van der Waals surface area contributed by atoms with Crippen LogP contribution in [-0.4, -0.2) is 26.9 Å². The van der Waals surface area contributed by atoms with Gasteiger partial charge in [0.15, 0.2) is 0 Å². The van der Waals surface area contributed by atoms with Crippen molar-refractivity contribution < 1.29 is 13.2 Å². The van der Waals surface area contributed by atoms with E-state index < -0.39 is 10.0 Å². The van der Waals surface area contributed by atoms with Gasteiger partial charge in [0.05, 0.1) is 10.6 Å². The minimum Gasteiger partial charge on any atom is -0.351 e. The van der Waals surface area contributed by atoms with E-state index in [1.165, 1.54) is 12.1 Å². The van der Waals surface area contributed by atoms with Crippen LogP contribution in [-0.2, 0) is 14.8 Å². The van der Waals surface area contributed by atoms with Gasteiger partial charge in [0, 0.05) is 11.1 Å². The third-order valence-electron chi connectivity index (χ3n) is 4.81. The molecule has 0 saturated heterocycles. The second-order valence-electron chi connectivity index (χ2n) is 7.84. The maximum atomic E-state index is 13.4. The van der Waals surface area contributed by atoms with Crippen LogP contribution in [0.2, 0.25) is 5.02 Å². The molecule has 0 saturated carbocycles. The lowest BCUT2D eigenvalue weighted by molar-refractivity contribution is -0.121. The van der Waals surface area contributed by atoms with E-state index in [0.29, 0.717) is 16.3 Å². The topological polar surface area (TPSA) is 66.5 Å². The van der Waals surface area contributed by atoms with Crippen LogP contribution in [0.5, 0.6) is 0 Å². The first-order valence-electron chi connectivity index (χ1n) is 9.67. The number of rotatable bonds is 8. The van der Waals surface area contributed by atoms with Gasteiger partial charge in [0.1, 0.15) is 6.54 Å². The highest BCUT2D eigenvalue weighted by molar-refractivity contribution is 7.92. The largest absolute Gasteiger partial charge is 0.351 e. The minimum absolute atomic E-state index is 0.0462. The molecule has 0 bridgehead atoms. The van der Waals surface area contributed by atoms with Gasteiger partial charge in [-0.3, -0.25) is 9.10 Å². The van der Waals surface area contributed by atoms with Crippen molar-refractivity contribution in [2.45, 2.75) is 45.6 Å². The molecular weight excluding hydrogens is 408 g/mol. The minimum atomic E-state index is -3.93. The summed E-state index contributed by atoms with van der Waals surface area (Å²) >= 11 is 6.05. The van der Waals surface area contributed by atoms with Crippen molar-refractivity contribution in [3.05, 3.63) is 59.1 Å². The zero-order valence-corrected chi connectivity index (χ0v) is 19.1. The van der Waals surface area contributed by atoms with E-state index in [1.807, 2.05) is 27.7 Å². The number of hydrogen-bond acceptors (Lipinski definition) is 3. The van der Waals surface area contributed by atoms with Crippen molar-refractivity contribution in [1.82, 2.24) is 5.32 Å². The lowest BCUT2D eigenvalue weighted by Gasteiger charge is -2.29. The van der Waals surface area contributed by atoms with Crippen molar-refractivity contribution in [2.75, 3.05) is 10.8 Å². The maximum Gasteiger partial charge on any atom is 0.264 e. The van der Waals surface area contributed by atoms with Gasteiger partial charge in [-0.05, 0) is 54.7 Å². The van der Waals surface area contributed by atoms with Crippen LogP contribution in [0.15, 0.2) is 53.4 Å². The fourth-order valence-electron chi connectivity index (χ4n) is 3.38. The zero-order chi connectivity index (χ0) is 21.8. The van der Waals surface area contributed by atoms with Crippen LogP contribution >= 0.6 is 11.6 Å². The molecule has 0 atom stereocenters. The monoisotopic (exact) mass is 436 g/mol. The summed E-state index contributed by atoms with van der Waals surface area (Å²) in [4.78, 5) is 13.0. The summed E-state index contributed by atoms with van der Waals surface area (Å²) in [6.07, 6.45) is 0. The van der Waals surface area contributed by atoms with E-state index in [0.717, 1.165) is 4.31 Å². The molecule has 1 amide bonds. The van der Waals surface area contributed by atoms with Gasteiger partial charge in [-0.25, -0.2) is 8.42 Å². The molecule has 2 aromatic carbocycles. The molecule has 158 valence electrons. The van der Waals surface area contributed by atoms with Crippen LogP contribution in [0.3, 0.4) is 0 Å². The zero-order valence-electron chi connectivity index (χ0n) is 17.5. The molecule has 0 fully saturated rings. The molecule has 0 aliphatic heterocycles. The lowest BCUT2D eigenvalue weighted by atomic mass is 9.93. The van der Waals surface area contributed by atoms with E-state index in [-0.39, 0.29) is 35.2 Å². The molecule has 2 aromatic rings. The molecule has 29 heavy (non-hydrogen) atoms. The average Bonchev–Trinajstić information content (AvgIpc) is 2.65. The average molecular weight is 437 g/mol. The second kappa shape index (κ2) is 9.63. The Bertz CT molecular complexity index is 936. The molecule has 0 heterocycles. The van der Waals surface area contributed by atoms with Crippen LogP contribution in [0.4, 0.5) is 5.69 Å². The fraction of sp³-hybridized carbons (Fsp3) is 0.409. The molecule has 1 N–H and O–H groups in total. The summed E-state index contributed by atoms with van der Waals surface area (Å²) in [5, 5.41) is 3.51. The number of aryl methyl sites for hydroxylation is 1. The van der Waals surface area contributed by atoms with Gasteiger partial charge in [-0.2, -0.15) is 0 Å². The Morgan fingerprint density at radius 2 is 1.62 bits per heavy atom. The van der Waals surface area contributed by atoms with Crippen LogP contribution in [0.25, 0.3) is 0 Å². The summed E-state index contributed by atoms with van der Waals surface area (Å²) in [5.41, 5.74) is 1.10. The number of nitrogens with one attached hydrogen (secondary N) is 1. The second-order valence-corrected chi connectivity index (χ2v) is 10.1. The summed E-state index contributed by atoms with van der Waals surface area (Å²) < 4.78 is 27.9. The van der Waals surface area contributed by atoms with Gasteiger partial charge in [0.2, 0.25) is 5.91 Å². The Labute approximate surface area is 179 Å². The number of sulfonamides is 1. The number of carbonyl (C=O) groups is 1. The van der Waals surface area contributed by atoms with Gasteiger partial charge < -0.3 is 5.32 Å². The summed E-state index contributed by atoms with van der Waals surface area (Å²) in [6, 6.07) is 13.0. The normalized spacial score (nSPS) is 11.9. The van der Waals surface area contributed by atoms with E-state index >= 15 is 0 Å². The Morgan fingerprint density at radius 3 is 2.14 bits per heavy atom. The van der Waals surface area contributed by atoms with Crippen molar-refractivity contribution in [3.63, 3.8) is 0 Å². The van der Waals surface area contributed by atoms with Gasteiger partial charge in [-0.15, -0.1) is 0 Å². The number of amides is 1. The Hall–Kier alpha value is -2.05. The number of benzene rings is 2. The smallest absolute Gasteiger partial charge is 0.264 e. The number of anilines is 1. The molecule has 0 spiro atoms. The third kappa shape index (κ3) is 5.73.